The molecule has 11 heteroatoms. The number of benzene rings is 1. The van der Waals surface area contributed by atoms with Gasteiger partial charge in [0, 0.05) is 30.7 Å². The summed E-state index contributed by atoms with van der Waals surface area (Å²) in [5, 5.41) is 0.549. The number of carbonyl (C=O) groups excluding carboxylic acids is 1. The van der Waals surface area contributed by atoms with E-state index in [1.807, 2.05) is 0 Å². The number of pyridine rings is 1. The second-order valence-electron chi connectivity index (χ2n) is 6.33. The highest BCUT2D eigenvalue weighted by molar-refractivity contribution is 7.90. The first-order valence-corrected chi connectivity index (χ1v) is 9.92. The fourth-order valence-corrected chi connectivity index (χ4v) is 3.77. The third-order valence-electron chi connectivity index (χ3n) is 4.63. The first-order valence-electron chi connectivity index (χ1n) is 8.43. The van der Waals surface area contributed by atoms with Crippen LogP contribution in [0.1, 0.15) is 23.2 Å². The van der Waals surface area contributed by atoms with Crippen LogP contribution in [0.15, 0.2) is 30.5 Å². The van der Waals surface area contributed by atoms with Gasteiger partial charge in [0.05, 0.1) is 18.2 Å². The molecule has 1 aromatic carbocycles. The molecule has 1 N–H and O–H groups in total. The van der Waals surface area contributed by atoms with E-state index in [9.17, 15) is 26.4 Å². The second-order valence-corrected chi connectivity index (χ2v) is 8.09. The van der Waals surface area contributed by atoms with E-state index in [2.05, 4.69) is 4.98 Å². The van der Waals surface area contributed by atoms with Crippen molar-refractivity contribution in [3.63, 3.8) is 0 Å². The Bertz CT molecular complexity index is 995. The lowest BCUT2D eigenvalue weighted by Crippen LogP contribution is -2.46. The van der Waals surface area contributed by atoms with E-state index in [0.29, 0.717) is 41.6 Å². The lowest BCUT2D eigenvalue weighted by atomic mass is 10.1. The number of carbonyl (C=O) groups is 1. The highest BCUT2D eigenvalue weighted by Crippen LogP contribution is 2.27. The van der Waals surface area contributed by atoms with Gasteiger partial charge in [0.25, 0.3) is 5.91 Å². The van der Waals surface area contributed by atoms with Crippen LogP contribution in [0.3, 0.4) is 0 Å². The van der Waals surface area contributed by atoms with Crippen LogP contribution in [0.5, 0.6) is 5.75 Å². The van der Waals surface area contributed by atoms with Gasteiger partial charge in [-0.2, -0.15) is 13.2 Å². The molecule has 1 aromatic heterocycles. The van der Waals surface area contributed by atoms with Crippen LogP contribution in [0, 0.1) is 0 Å². The Morgan fingerprint density at radius 3 is 2.79 bits per heavy atom. The van der Waals surface area contributed by atoms with E-state index < -0.39 is 34.0 Å². The Labute approximate surface area is 159 Å². The number of alkyl halides is 3. The lowest BCUT2D eigenvalue weighted by Gasteiger charge is -2.25. The smallest absolute Gasteiger partial charge is 0.497 e. The van der Waals surface area contributed by atoms with Gasteiger partial charge in [-0.1, -0.05) is 0 Å². The molecule has 0 aliphatic carbocycles. The van der Waals surface area contributed by atoms with Gasteiger partial charge in [-0.3, -0.25) is 9.78 Å². The number of nitrogens with one attached hydrogen (secondary N) is 1. The van der Waals surface area contributed by atoms with Crippen LogP contribution in [0.2, 0.25) is 0 Å². The minimum Gasteiger partial charge on any atom is -0.497 e. The van der Waals surface area contributed by atoms with E-state index in [1.54, 1.807) is 22.9 Å². The van der Waals surface area contributed by atoms with Crippen molar-refractivity contribution in [1.29, 1.82) is 0 Å². The highest BCUT2D eigenvalue weighted by atomic mass is 32.2. The Kier molecular flexibility index (Phi) is 5.48. The third kappa shape index (κ3) is 3.90. The maximum atomic E-state index is 13.1. The summed E-state index contributed by atoms with van der Waals surface area (Å²) >= 11 is 0. The van der Waals surface area contributed by atoms with Gasteiger partial charge in [-0.15, -0.1) is 0 Å². The average molecular weight is 417 g/mol. The molecule has 28 heavy (non-hydrogen) atoms. The molecule has 1 saturated heterocycles. The van der Waals surface area contributed by atoms with Crippen molar-refractivity contribution in [2.45, 2.75) is 24.4 Å². The van der Waals surface area contributed by atoms with Crippen LogP contribution in [-0.2, 0) is 10.0 Å². The number of sulfonamides is 1. The Hall–Kier alpha value is -2.40. The fourth-order valence-electron chi connectivity index (χ4n) is 3.20. The summed E-state index contributed by atoms with van der Waals surface area (Å²) in [6.45, 7) is -0.176. The lowest BCUT2D eigenvalue weighted by molar-refractivity contribution is -0.0448. The van der Waals surface area contributed by atoms with Crippen molar-refractivity contribution in [1.82, 2.24) is 14.6 Å². The van der Waals surface area contributed by atoms with Crippen molar-refractivity contribution in [2.24, 2.45) is 0 Å². The largest absolute Gasteiger partial charge is 0.511 e. The molecule has 3 rings (SSSR count). The first-order chi connectivity index (χ1) is 13.1. The zero-order valence-corrected chi connectivity index (χ0v) is 15.7. The number of fused-ring (bicyclic) bond motifs is 1. The number of methoxy groups -OCH3 is 1. The number of hydrogen-bond donors (Lipinski definition) is 1. The van der Waals surface area contributed by atoms with Gasteiger partial charge in [-0.05, 0) is 37.1 Å². The van der Waals surface area contributed by atoms with E-state index in [0.717, 1.165) is 0 Å². The van der Waals surface area contributed by atoms with Crippen LogP contribution in [-0.4, -0.2) is 56.0 Å². The van der Waals surface area contributed by atoms with E-state index >= 15 is 0 Å². The van der Waals surface area contributed by atoms with Gasteiger partial charge >= 0.3 is 15.5 Å². The van der Waals surface area contributed by atoms with Crippen molar-refractivity contribution in [2.75, 3.05) is 20.2 Å². The molecular formula is C17H18F3N3O4S. The summed E-state index contributed by atoms with van der Waals surface area (Å²) in [5.74, 6) is 0.139. The Morgan fingerprint density at radius 2 is 2.11 bits per heavy atom. The van der Waals surface area contributed by atoms with Crippen LogP contribution in [0.4, 0.5) is 13.2 Å². The van der Waals surface area contributed by atoms with E-state index in [1.165, 1.54) is 24.3 Å². The number of rotatable bonds is 5. The van der Waals surface area contributed by atoms with Crippen molar-refractivity contribution < 1.29 is 31.1 Å². The minimum absolute atomic E-state index is 0.324. The summed E-state index contributed by atoms with van der Waals surface area (Å²) in [6, 6.07) is 5.92. The molecule has 7 nitrogen and oxygen atoms in total. The number of halogens is 3. The Balaban J connectivity index is 1.85. The molecule has 0 radical (unpaired) electrons. The van der Waals surface area contributed by atoms with Crippen molar-refractivity contribution >= 4 is 26.8 Å². The van der Waals surface area contributed by atoms with Crippen LogP contribution in [0.25, 0.3) is 10.9 Å². The number of hydrogen-bond acceptors (Lipinski definition) is 5. The number of aromatic nitrogens is 1. The first kappa shape index (κ1) is 20.3. The maximum Gasteiger partial charge on any atom is 0.511 e. The third-order valence-corrected chi connectivity index (χ3v) is 5.79. The normalized spacial score (nSPS) is 17.9. The van der Waals surface area contributed by atoms with Crippen molar-refractivity contribution in [3.8, 4) is 5.75 Å². The predicted octanol–water partition coefficient (Wildman–Crippen LogP) is 2.29. The van der Waals surface area contributed by atoms with Crippen LogP contribution >= 0.6 is 0 Å². The minimum atomic E-state index is -5.46. The molecule has 152 valence electrons. The summed E-state index contributed by atoms with van der Waals surface area (Å²) in [5.41, 5.74) is -4.49. The molecule has 1 aliphatic rings. The molecule has 2 aromatic rings. The number of ether oxygens (including phenoxy) is 1. The molecule has 1 atom stereocenters. The average Bonchev–Trinajstić information content (AvgIpc) is 3.12. The molecule has 1 amide bonds. The molecule has 0 spiro atoms. The topological polar surface area (TPSA) is 88.6 Å². The maximum absolute atomic E-state index is 13.1. The Morgan fingerprint density at radius 1 is 1.36 bits per heavy atom. The van der Waals surface area contributed by atoms with Crippen LogP contribution < -0.4 is 9.46 Å². The molecule has 2 heterocycles. The molecular weight excluding hydrogens is 399 g/mol. The summed E-state index contributed by atoms with van der Waals surface area (Å²) in [7, 11) is -3.97. The molecule has 0 bridgehead atoms. The molecule has 1 aliphatic heterocycles. The van der Waals surface area contributed by atoms with Gasteiger partial charge in [0.15, 0.2) is 0 Å². The summed E-state index contributed by atoms with van der Waals surface area (Å²) in [4.78, 5) is 18.6. The molecule has 0 saturated carbocycles. The number of likely N-dealkylation sites (tertiary alicyclic amines) is 1. The summed E-state index contributed by atoms with van der Waals surface area (Å²) in [6.07, 6.45) is 2.44. The molecule has 1 fully saturated rings. The van der Waals surface area contributed by atoms with Gasteiger partial charge in [0.1, 0.15) is 5.75 Å². The molecule has 1 unspecified atom stereocenters. The van der Waals surface area contributed by atoms with Gasteiger partial charge in [-0.25, -0.2) is 13.1 Å². The zero-order valence-electron chi connectivity index (χ0n) is 14.9. The van der Waals surface area contributed by atoms with Gasteiger partial charge in [0.2, 0.25) is 0 Å². The number of nitrogens with zero attached hydrogens (tertiary/aromatic N) is 2. The highest BCUT2D eigenvalue weighted by Gasteiger charge is 2.46. The van der Waals surface area contributed by atoms with E-state index in [4.69, 9.17) is 4.74 Å². The zero-order chi connectivity index (χ0) is 20.5. The standard InChI is InChI=1S/C17H18F3N3O4S/c1-27-12-4-5-15-14(9-12)13(6-7-21-15)16(24)23-8-2-3-11(23)10-22-28(25,26)17(18,19)20/h4-7,9,11,22H,2-3,8,10H2,1H3. The van der Waals surface area contributed by atoms with Crippen molar-refractivity contribution in [3.05, 3.63) is 36.0 Å². The van der Waals surface area contributed by atoms with Gasteiger partial charge < -0.3 is 9.64 Å². The summed E-state index contributed by atoms with van der Waals surface area (Å²) < 4.78 is 66.8. The SMILES string of the molecule is COc1ccc2nccc(C(=O)N3CCCC3CNS(=O)(=O)C(F)(F)F)c2c1. The fraction of sp³-hybridized carbons (Fsp3) is 0.412. The van der Waals surface area contributed by atoms with E-state index in [-0.39, 0.29) is 0 Å². The predicted molar refractivity (Wildman–Crippen MR) is 95.3 cm³/mol. The monoisotopic (exact) mass is 417 g/mol. The second kappa shape index (κ2) is 7.55. The quantitative estimate of drug-likeness (QED) is 0.807. The number of amides is 1.